The molecule has 3 rings (SSSR count). The van der Waals surface area contributed by atoms with Crippen molar-refractivity contribution in [2.75, 3.05) is 13.6 Å². The Labute approximate surface area is 167 Å². The SMILES string of the molecule is CN(CCc1cccnc1C(=O)c1ccc(F)cc1)C(=O)c1ccccc1C=O. The smallest absolute Gasteiger partial charge is 0.254 e. The molecule has 0 aliphatic rings. The van der Waals surface area contributed by atoms with E-state index in [-0.39, 0.29) is 17.4 Å². The number of aldehydes is 1. The summed E-state index contributed by atoms with van der Waals surface area (Å²) in [5.41, 5.74) is 1.96. The van der Waals surface area contributed by atoms with Crippen LogP contribution >= 0.6 is 0 Å². The number of halogens is 1. The normalized spacial score (nSPS) is 10.4. The second-order valence-electron chi connectivity index (χ2n) is 6.53. The van der Waals surface area contributed by atoms with Gasteiger partial charge in [-0.1, -0.05) is 24.3 Å². The standard InChI is InChI=1S/C23H19FN2O3/c1-26(23(29)20-7-3-2-5-18(20)15-27)14-12-16-6-4-13-25-21(16)22(28)17-8-10-19(24)11-9-17/h2-11,13,15H,12,14H2,1H3. The molecule has 1 heterocycles. The fourth-order valence-corrected chi connectivity index (χ4v) is 2.97. The monoisotopic (exact) mass is 390 g/mol. The Kier molecular flexibility index (Phi) is 6.24. The minimum Gasteiger partial charge on any atom is -0.341 e. The van der Waals surface area contributed by atoms with E-state index in [0.717, 1.165) is 0 Å². The molecule has 29 heavy (non-hydrogen) atoms. The lowest BCUT2D eigenvalue weighted by Gasteiger charge is -2.18. The van der Waals surface area contributed by atoms with Gasteiger partial charge in [0, 0.05) is 30.9 Å². The fraction of sp³-hybridized carbons (Fsp3) is 0.130. The number of pyridine rings is 1. The van der Waals surface area contributed by atoms with Crippen molar-refractivity contribution >= 4 is 18.0 Å². The predicted molar refractivity (Wildman–Crippen MR) is 107 cm³/mol. The van der Waals surface area contributed by atoms with E-state index in [1.165, 1.54) is 35.4 Å². The van der Waals surface area contributed by atoms with Crippen LogP contribution in [-0.2, 0) is 6.42 Å². The van der Waals surface area contributed by atoms with Crippen molar-refractivity contribution in [3.8, 4) is 0 Å². The molecule has 6 heteroatoms. The third kappa shape index (κ3) is 4.60. The third-order valence-corrected chi connectivity index (χ3v) is 4.59. The molecule has 0 aliphatic carbocycles. The van der Waals surface area contributed by atoms with Crippen molar-refractivity contribution in [3.05, 3.63) is 101 Å². The van der Waals surface area contributed by atoms with Crippen molar-refractivity contribution < 1.29 is 18.8 Å². The minimum absolute atomic E-state index is 0.272. The zero-order valence-corrected chi connectivity index (χ0v) is 15.8. The number of aromatic nitrogens is 1. The summed E-state index contributed by atoms with van der Waals surface area (Å²) in [6, 6.07) is 15.4. The minimum atomic E-state index is -0.418. The second-order valence-corrected chi connectivity index (χ2v) is 6.53. The number of amides is 1. The van der Waals surface area contributed by atoms with Crippen LogP contribution in [0.5, 0.6) is 0 Å². The summed E-state index contributed by atoms with van der Waals surface area (Å²) in [4.78, 5) is 42.3. The van der Waals surface area contributed by atoms with E-state index in [1.807, 2.05) is 0 Å². The topological polar surface area (TPSA) is 67.3 Å². The molecule has 1 aromatic heterocycles. The van der Waals surface area contributed by atoms with Gasteiger partial charge in [-0.25, -0.2) is 4.39 Å². The largest absolute Gasteiger partial charge is 0.341 e. The van der Waals surface area contributed by atoms with Gasteiger partial charge in [0.1, 0.15) is 11.5 Å². The maximum atomic E-state index is 13.1. The highest BCUT2D eigenvalue weighted by Crippen LogP contribution is 2.15. The molecule has 2 aromatic carbocycles. The Bertz CT molecular complexity index is 1050. The van der Waals surface area contributed by atoms with Gasteiger partial charge < -0.3 is 4.90 Å². The van der Waals surface area contributed by atoms with Crippen LogP contribution in [0.3, 0.4) is 0 Å². The molecule has 1 amide bonds. The van der Waals surface area contributed by atoms with Crippen LogP contribution in [0.25, 0.3) is 0 Å². The van der Waals surface area contributed by atoms with Crippen LogP contribution in [0.4, 0.5) is 4.39 Å². The first-order valence-corrected chi connectivity index (χ1v) is 9.05. The number of benzene rings is 2. The number of hydrogen-bond acceptors (Lipinski definition) is 4. The van der Waals surface area contributed by atoms with Crippen molar-refractivity contribution in [1.82, 2.24) is 9.88 Å². The number of likely N-dealkylation sites (N-methyl/N-ethyl adjacent to an activating group) is 1. The molecular formula is C23H19FN2O3. The van der Waals surface area contributed by atoms with Crippen molar-refractivity contribution in [1.29, 1.82) is 0 Å². The van der Waals surface area contributed by atoms with Crippen LogP contribution in [0, 0.1) is 5.82 Å². The van der Waals surface area contributed by atoms with Crippen LogP contribution in [0.15, 0.2) is 66.9 Å². The van der Waals surface area contributed by atoms with E-state index >= 15 is 0 Å². The van der Waals surface area contributed by atoms with Gasteiger partial charge >= 0.3 is 0 Å². The highest BCUT2D eigenvalue weighted by atomic mass is 19.1. The summed E-state index contributed by atoms with van der Waals surface area (Å²) in [6.45, 7) is 0.335. The van der Waals surface area contributed by atoms with Gasteiger partial charge in [0.25, 0.3) is 5.91 Å². The highest BCUT2D eigenvalue weighted by Gasteiger charge is 2.18. The zero-order valence-electron chi connectivity index (χ0n) is 15.8. The molecule has 3 aromatic rings. The van der Waals surface area contributed by atoms with Crippen molar-refractivity contribution in [2.45, 2.75) is 6.42 Å². The number of carbonyl (C=O) groups is 3. The number of carbonyl (C=O) groups excluding carboxylic acids is 3. The van der Waals surface area contributed by atoms with E-state index in [9.17, 15) is 18.8 Å². The summed E-state index contributed by atoms with van der Waals surface area (Å²) in [5.74, 6) is -0.998. The van der Waals surface area contributed by atoms with Gasteiger partial charge in [-0.05, 0) is 48.4 Å². The van der Waals surface area contributed by atoms with E-state index in [0.29, 0.717) is 41.5 Å². The fourth-order valence-electron chi connectivity index (χ4n) is 2.97. The van der Waals surface area contributed by atoms with Gasteiger partial charge in [0.2, 0.25) is 5.78 Å². The molecule has 0 bridgehead atoms. The molecule has 5 nitrogen and oxygen atoms in total. The quantitative estimate of drug-likeness (QED) is 0.457. The number of nitrogens with zero attached hydrogens (tertiary/aromatic N) is 2. The maximum absolute atomic E-state index is 13.1. The van der Waals surface area contributed by atoms with Crippen molar-refractivity contribution in [2.24, 2.45) is 0 Å². The lowest BCUT2D eigenvalue weighted by molar-refractivity contribution is 0.0793. The summed E-state index contributed by atoms with van der Waals surface area (Å²) in [7, 11) is 1.64. The molecule has 0 saturated heterocycles. The molecule has 0 saturated carbocycles. The molecular weight excluding hydrogens is 371 g/mol. The van der Waals surface area contributed by atoms with E-state index in [4.69, 9.17) is 0 Å². The second kappa shape index (κ2) is 9.01. The Morgan fingerprint density at radius 3 is 2.48 bits per heavy atom. The van der Waals surface area contributed by atoms with Gasteiger partial charge in [-0.2, -0.15) is 0 Å². The molecule has 0 spiro atoms. The lowest BCUT2D eigenvalue weighted by atomic mass is 10.0. The van der Waals surface area contributed by atoms with Gasteiger partial charge in [0.05, 0.1) is 5.56 Å². The number of hydrogen-bond donors (Lipinski definition) is 0. The average molecular weight is 390 g/mol. The van der Waals surface area contributed by atoms with Crippen LogP contribution in [0.1, 0.15) is 42.3 Å². The summed E-state index contributed by atoms with van der Waals surface area (Å²) < 4.78 is 13.1. The Hall–Kier alpha value is -3.67. The van der Waals surface area contributed by atoms with Gasteiger partial charge in [-0.15, -0.1) is 0 Å². The first kappa shape index (κ1) is 20.1. The van der Waals surface area contributed by atoms with E-state index in [1.54, 1.807) is 43.4 Å². The molecule has 146 valence electrons. The third-order valence-electron chi connectivity index (χ3n) is 4.59. The molecule has 0 radical (unpaired) electrons. The highest BCUT2D eigenvalue weighted by molar-refractivity contribution is 6.08. The molecule has 0 aliphatic heterocycles. The number of ketones is 1. The summed E-state index contributed by atoms with van der Waals surface area (Å²) in [5, 5.41) is 0. The summed E-state index contributed by atoms with van der Waals surface area (Å²) >= 11 is 0. The van der Waals surface area contributed by atoms with Gasteiger partial charge in [0.15, 0.2) is 6.29 Å². The number of rotatable bonds is 7. The first-order valence-electron chi connectivity index (χ1n) is 9.05. The first-order chi connectivity index (χ1) is 14.0. The van der Waals surface area contributed by atoms with E-state index < -0.39 is 5.82 Å². The molecule has 0 N–H and O–H groups in total. The van der Waals surface area contributed by atoms with Crippen LogP contribution < -0.4 is 0 Å². The lowest BCUT2D eigenvalue weighted by Crippen LogP contribution is -2.30. The average Bonchev–Trinajstić information content (AvgIpc) is 2.77. The van der Waals surface area contributed by atoms with E-state index in [2.05, 4.69) is 4.98 Å². The van der Waals surface area contributed by atoms with Crippen LogP contribution in [-0.4, -0.2) is 41.5 Å². The molecule has 0 unspecified atom stereocenters. The Morgan fingerprint density at radius 1 is 1.03 bits per heavy atom. The van der Waals surface area contributed by atoms with Crippen LogP contribution in [0.2, 0.25) is 0 Å². The summed E-state index contributed by atoms with van der Waals surface area (Å²) in [6.07, 6.45) is 2.58. The maximum Gasteiger partial charge on any atom is 0.254 e. The van der Waals surface area contributed by atoms with Crippen molar-refractivity contribution in [3.63, 3.8) is 0 Å². The van der Waals surface area contributed by atoms with Gasteiger partial charge in [-0.3, -0.25) is 19.4 Å². The predicted octanol–water partition coefficient (Wildman–Crippen LogP) is 3.58. The molecule has 0 fully saturated rings. The zero-order chi connectivity index (χ0) is 20.8. The molecule has 0 atom stereocenters. The Balaban J connectivity index is 1.76. The Morgan fingerprint density at radius 2 is 1.76 bits per heavy atom.